The summed E-state index contributed by atoms with van der Waals surface area (Å²) in [7, 11) is 0. The summed E-state index contributed by atoms with van der Waals surface area (Å²) < 4.78 is 0. The number of amides is 1. The van der Waals surface area contributed by atoms with E-state index in [0.717, 1.165) is 17.1 Å². The minimum Gasteiger partial charge on any atom is -0.398 e. The molecule has 1 aromatic carbocycles. The molecule has 0 bridgehead atoms. The molecule has 0 aliphatic carbocycles. The number of carbonyl (C=O) groups is 1. The van der Waals surface area contributed by atoms with Crippen molar-refractivity contribution in [1.29, 1.82) is 0 Å². The van der Waals surface area contributed by atoms with Crippen LogP contribution in [-0.2, 0) is 6.42 Å². The summed E-state index contributed by atoms with van der Waals surface area (Å²) in [5, 5.41) is 3.92. The lowest BCUT2D eigenvalue weighted by Gasteiger charge is -2.06. The zero-order valence-corrected chi connectivity index (χ0v) is 11.9. The molecule has 0 saturated carbocycles. The van der Waals surface area contributed by atoms with Crippen molar-refractivity contribution in [2.75, 3.05) is 12.3 Å². The van der Waals surface area contributed by atoms with Gasteiger partial charge < -0.3 is 11.1 Å². The van der Waals surface area contributed by atoms with Gasteiger partial charge in [0.15, 0.2) is 0 Å². The first-order valence-electron chi connectivity index (χ1n) is 6.13. The van der Waals surface area contributed by atoms with Gasteiger partial charge in [-0.2, -0.15) is 0 Å². The number of nitrogens with zero attached hydrogens (tertiary/aromatic N) is 1. The van der Waals surface area contributed by atoms with Crippen LogP contribution in [0.4, 0.5) is 5.69 Å². The van der Waals surface area contributed by atoms with Crippen LogP contribution in [0.5, 0.6) is 0 Å². The summed E-state index contributed by atoms with van der Waals surface area (Å²) in [6, 6.07) is 7.07. The number of thiazole rings is 1. The molecule has 1 heterocycles. The highest BCUT2D eigenvalue weighted by Crippen LogP contribution is 2.16. The number of rotatable bonds is 4. The SMILES string of the molecule is Cc1nc(CCNC(=O)c2ccccc2N)sc1C. The van der Waals surface area contributed by atoms with Gasteiger partial charge in [0.1, 0.15) is 0 Å². The van der Waals surface area contributed by atoms with Crippen molar-refractivity contribution in [3.8, 4) is 0 Å². The van der Waals surface area contributed by atoms with Gasteiger partial charge in [-0.15, -0.1) is 11.3 Å². The second-order valence-electron chi connectivity index (χ2n) is 4.34. The van der Waals surface area contributed by atoms with E-state index in [-0.39, 0.29) is 5.91 Å². The van der Waals surface area contributed by atoms with E-state index >= 15 is 0 Å². The van der Waals surface area contributed by atoms with Crippen molar-refractivity contribution in [3.05, 3.63) is 45.4 Å². The van der Waals surface area contributed by atoms with Gasteiger partial charge in [0.05, 0.1) is 16.3 Å². The largest absolute Gasteiger partial charge is 0.398 e. The van der Waals surface area contributed by atoms with Crippen molar-refractivity contribution < 1.29 is 4.79 Å². The Morgan fingerprint density at radius 2 is 2.11 bits per heavy atom. The molecule has 0 saturated heterocycles. The van der Waals surface area contributed by atoms with E-state index in [0.29, 0.717) is 17.8 Å². The minimum atomic E-state index is -0.136. The van der Waals surface area contributed by atoms with Crippen LogP contribution in [0.15, 0.2) is 24.3 Å². The summed E-state index contributed by atoms with van der Waals surface area (Å²) in [5.74, 6) is -0.136. The van der Waals surface area contributed by atoms with Crippen molar-refractivity contribution in [2.24, 2.45) is 0 Å². The molecule has 3 N–H and O–H groups in total. The smallest absolute Gasteiger partial charge is 0.253 e. The van der Waals surface area contributed by atoms with Crippen LogP contribution in [-0.4, -0.2) is 17.4 Å². The maximum atomic E-state index is 11.9. The van der Waals surface area contributed by atoms with E-state index < -0.39 is 0 Å². The van der Waals surface area contributed by atoms with Gasteiger partial charge in [-0.05, 0) is 26.0 Å². The minimum absolute atomic E-state index is 0.136. The highest BCUT2D eigenvalue weighted by Gasteiger charge is 2.09. The Morgan fingerprint density at radius 3 is 2.74 bits per heavy atom. The van der Waals surface area contributed by atoms with E-state index in [1.165, 1.54) is 4.88 Å². The van der Waals surface area contributed by atoms with Gasteiger partial charge in [-0.25, -0.2) is 4.98 Å². The predicted molar refractivity (Wildman–Crippen MR) is 78.5 cm³/mol. The fourth-order valence-electron chi connectivity index (χ4n) is 1.73. The normalized spacial score (nSPS) is 10.4. The molecule has 19 heavy (non-hydrogen) atoms. The lowest BCUT2D eigenvalue weighted by atomic mass is 10.1. The Hall–Kier alpha value is -1.88. The monoisotopic (exact) mass is 275 g/mol. The number of aromatic nitrogens is 1. The van der Waals surface area contributed by atoms with Gasteiger partial charge in [0.25, 0.3) is 5.91 Å². The Balaban J connectivity index is 1.89. The molecular formula is C14H17N3OS. The zero-order valence-electron chi connectivity index (χ0n) is 11.1. The van der Waals surface area contributed by atoms with Crippen LogP contribution in [0.25, 0.3) is 0 Å². The van der Waals surface area contributed by atoms with Crippen molar-refractivity contribution in [2.45, 2.75) is 20.3 Å². The fraction of sp³-hybridized carbons (Fsp3) is 0.286. The molecule has 0 spiro atoms. The summed E-state index contributed by atoms with van der Waals surface area (Å²) in [6.07, 6.45) is 0.748. The third-order valence-corrected chi connectivity index (χ3v) is 4.04. The molecule has 0 aliphatic rings. The maximum absolute atomic E-state index is 11.9. The molecule has 2 aromatic rings. The van der Waals surface area contributed by atoms with E-state index in [4.69, 9.17) is 5.73 Å². The third-order valence-electron chi connectivity index (χ3n) is 2.90. The lowest BCUT2D eigenvalue weighted by Crippen LogP contribution is -2.26. The van der Waals surface area contributed by atoms with Gasteiger partial charge in [0, 0.05) is 23.5 Å². The van der Waals surface area contributed by atoms with Gasteiger partial charge in [-0.3, -0.25) is 4.79 Å². The molecule has 0 aliphatic heterocycles. The third kappa shape index (κ3) is 3.32. The Labute approximate surface area is 116 Å². The number of aryl methyl sites for hydroxylation is 2. The summed E-state index contributed by atoms with van der Waals surface area (Å²) in [5.41, 5.74) is 7.85. The second kappa shape index (κ2) is 5.84. The number of hydrogen-bond donors (Lipinski definition) is 2. The first kappa shape index (κ1) is 13.5. The van der Waals surface area contributed by atoms with Crippen molar-refractivity contribution >= 4 is 22.9 Å². The Morgan fingerprint density at radius 1 is 1.37 bits per heavy atom. The average Bonchev–Trinajstić information content (AvgIpc) is 2.69. The molecule has 5 heteroatoms. The number of anilines is 1. The molecule has 0 radical (unpaired) electrons. The number of nitrogens with two attached hydrogens (primary N) is 1. The van der Waals surface area contributed by atoms with Crippen LogP contribution in [0.2, 0.25) is 0 Å². The van der Waals surface area contributed by atoms with Crippen molar-refractivity contribution in [1.82, 2.24) is 10.3 Å². The second-order valence-corrected chi connectivity index (χ2v) is 5.63. The number of carbonyl (C=O) groups excluding carboxylic acids is 1. The number of nitrogen functional groups attached to an aromatic ring is 1. The zero-order chi connectivity index (χ0) is 13.8. The first-order valence-corrected chi connectivity index (χ1v) is 6.95. The first-order chi connectivity index (χ1) is 9.08. The van der Waals surface area contributed by atoms with Crippen molar-refractivity contribution in [3.63, 3.8) is 0 Å². The molecular weight excluding hydrogens is 258 g/mol. The van der Waals surface area contributed by atoms with E-state index in [1.54, 1.807) is 29.5 Å². The van der Waals surface area contributed by atoms with Crippen LogP contribution in [0.1, 0.15) is 25.9 Å². The Kier molecular flexibility index (Phi) is 4.16. The number of benzene rings is 1. The fourth-order valence-corrected chi connectivity index (χ4v) is 2.66. The quantitative estimate of drug-likeness (QED) is 0.841. The number of para-hydroxylation sites is 1. The molecule has 100 valence electrons. The molecule has 2 rings (SSSR count). The highest BCUT2D eigenvalue weighted by atomic mass is 32.1. The lowest BCUT2D eigenvalue weighted by molar-refractivity contribution is 0.0955. The highest BCUT2D eigenvalue weighted by molar-refractivity contribution is 7.11. The van der Waals surface area contributed by atoms with Crippen LogP contribution >= 0.6 is 11.3 Å². The number of nitrogens with one attached hydrogen (secondary N) is 1. The Bertz CT molecular complexity index is 573. The van der Waals surface area contributed by atoms with Crippen LogP contribution in [0.3, 0.4) is 0 Å². The van der Waals surface area contributed by atoms with E-state index in [1.807, 2.05) is 13.0 Å². The standard InChI is InChI=1S/C14H17N3OS/c1-9-10(2)19-13(17-9)7-8-16-14(18)11-5-3-4-6-12(11)15/h3-6H,7-8,15H2,1-2H3,(H,16,18). The molecule has 1 amide bonds. The summed E-state index contributed by atoms with van der Waals surface area (Å²) >= 11 is 1.68. The maximum Gasteiger partial charge on any atom is 0.253 e. The molecule has 0 unspecified atom stereocenters. The molecule has 4 nitrogen and oxygen atoms in total. The summed E-state index contributed by atoms with van der Waals surface area (Å²) in [4.78, 5) is 17.6. The number of hydrogen-bond acceptors (Lipinski definition) is 4. The predicted octanol–water partition coefficient (Wildman–Crippen LogP) is 2.31. The van der Waals surface area contributed by atoms with E-state index in [2.05, 4.69) is 17.2 Å². The van der Waals surface area contributed by atoms with Gasteiger partial charge >= 0.3 is 0 Å². The topological polar surface area (TPSA) is 68.0 Å². The average molecular weight is 275 g/mol. The summed E-state index contributed by atoms with van der Waals surface area (Å²) in [6.45, 7) is 4.62. The molecule has 1 aromatic heterocycles. The molecule has 0 atom stereocenters. The van der Waals surface area contributed by atoms with Crippen LogP contribution in [0, 0.1) is 13.8 Å². The van der Waals surface area contributed by atoms with E-state index in [9.17, 15) is 4.79 Å². The van der Waals surface area contributed by atoms with Crippen LogP contribution < -0.4 is 11.1 Å². The molecule has 0 fully saturated rings. The van der Waals surface area contributed by atoms with Gasteiger partial charge in [0.2, 0.25) is 0 Å². The van der Waals surface area contributed by atoms with Gasteiger partial charge in [-0.1, -0.05) is 12.1 Å².